The average Bonchev–Trinajstić information content (AvgIpc) is 3.27. The van der Waals surface area contributed by atoms with Gasteiger partial charge in [0, 0.05) is 6.92 Å². The number of carboxylic acid groups (broad SMARTS) is 1. The normalized spacial score (nSPS) is 17.1. The van der Waals surface area contributed by atoms with Crippen molar-refractivity contribution in [3.05, 3.63) is 89.3 Å². The molecule has 2 N–H and O–H groups in total. The number of amides is 1. The molecule has 0 unspecified atom stereocenters. The number of nitrogens with zero attached hydrogens (tertiary/aromatic N) is 1. The van der Waals surface area contributed by atoms with Crippen LogP contribution < -0.4 is 39.6 Å². The number of carboxylic acids is 1. The van der Waals surface area contributed by atoms with Crippen molar-refractivity contribution in [1.82, 2.24) is 5.32 Å². The van der Waals surface area contributed by atoms with Crippen molar-refractivity contribution < 1.29 is 49.0 Å². The molecule has 39 heavy (non-hydrogen) atoms. The van der Waals surface area contributed by atoms with E-state index in [0.29, 0.717) is 16.0 Å². The van der Waals surface area contributed by atoms with Gasteiger partial charge in [-0.2, -0.15) is 18.2 Å². The van der Waals surface area contributed by atoms with Crippen LogP contribution >= 0.6 is 11.8 Å². The molecule has 1 saturated carbocycles. The molecule has 1 saturated heterocycles. The van der Waals surface area contributed by atoms with Crippen LogP contribution in [0, 0.1) is 12.0 Å². The van der Waals surface area contributed by atoms with Crippen LogP contribution in [0.1, 0.15) is 44.6 Å². The number of benzene rings is 3. The van der Waals surface area contributed by atoms with Crippen LogP contribution in [0.15, 0.2) is 82.7 Å². The molecule has 1 heterocycles. The number of aliphatic carboxylic acids is 1. The van der Waals surface area contributed by atoms with E-state index in [9.17, 15) is 4.79 Å². The quantitative estimate of drug-likeness (QED) is 0.274. The molecule has 1 aliphatic carbocycles. The standard InChI is InChI=1S/C29H27N2O2S.C2H4O2.Na/c32-28-27(34-29(31-28)30-25-9-5-2-6-10-25)19-21-11-13-23(14-12-21)24-15-17-26(18-16-24)33-20-22-7-3-1-4-8-22;1-2(3)4;/h5-6,9-19,22H,1,3-4,7-8,20H2,(H,30,31,32);1H3,(H,3,4);/q-1;;+1/b27-19+;;. The number of nitrogens with one attached hydrogen (secondary N) is 1. The summed E-state index contributed by atoms with van der Waals surface area (Å²) in [5.41, 5.74) is 4.04. The molecule has 0 aromatic heterocycles. The van der Waals surface area contributed by atoms with Gasteiger partial charge in [-0.05, 0) is 71.1 Å². The summed E-state index contributed by atoms with van der Waals surface area (Å²) in [7, 11) is 0. The monoisotopic (exact) mass is 550 g/mol. The van der Waals surface area contributed by atoms with Gasteiger partial charge in [-0.1, -0.05) is 55.7 Å². The second-order valence-electron chi connectivity index (χ2n) is 9.22. The predicted molar refractivity (Wildman–Crippen MR) is 153 cm³/mol. The summed E-state index contributed by atoms with van der Waals surface area (Å²) in [5, 5.41) is 10.8. The fourth-order valence-electron chi connectivity index (χ4n) is 4.29. The molecule has 5 rings (SSSR count). The van der Waals surface area contributed by atoms with Crippen molar-refractivity contribution in [2.75, 3.05) is 6.61 Å². The second kappa shape index (κ2) is 15.7. The van der Waals surface area contributed by atoms with E-state index in [0.717, 1.165) is 41.7 Å². The molecule has 2 fully saturated rings. The van der Waals surface area contributed by atoms with Gasteiger partial charge in [0.15, 0.2) is 5.17 Å². The molecule has 1 aliphatic heterocycles. The summed E-state index contributed by atoms with van der Waals surface area (Å²) < 4.78 is 6.03. The van der Waals surface area contributed by atoms with Gasteiger partial charge >= 0.3 is 29.6 Å². The van der Waals surface area contributed by atoms with Gasteiger partial charge < -0.3 is 15.2 Å². The zero-order valence-corrected chi connectivity index (χ0v) is 25.2. The fourth-order valence-corrected chi connectivity index (χ4v) is 5.13. The van der Waals surface area contributed by atoms with Gasteiger partial charge in [-0.3, -0.25) is 14.6 Å². The van der Waals surface area contributed by atoms with Crippen LogP contribution in [-0.4, -0.2) is 28.8 Å². The first-order chi connectivity index (χ1) is 18.5. The molecule has 6 nitrogen and oxygen atoms in total. The summed E-state index contributed by atoms with van der Waals surface area (Å²) in [6, 6.07) is 26.8. The van der Waals surface area contributed by atoms with Gasteiger partial charge in [0.05, 0.1) is 11.5 Å². The molecule has 3 aromatic carbocycles. The van der Waals surface area contributed by atoms with Crippen molar-refractivity contribution in [3.63, 3.8) is 0 Å². The summed E-state index contributed by atoms with van der Waals surface area (Å²) in [4.78, 5) is 26.5. The van der Waals surface area contributed by atoms with Crippen LogP contribution in [-0.2, 0) is 9.59 Å². The molecule has 0 spiro atoms. The predicted octanol–water partition coefficient (Wildman–Crippen LogP) is 4.10. The van der Waals surface area contributed by atoms with Gasteiger partial charge in [-0.25, -0.2) is 0 Å². The number of carbonyl (C=O) groups is 2. The summed E-state index contributed by atoms with van der Waals surface area (Å²) in [6.07, 6.45) is 8.53. The molecule has 1 amide bonds. The first-order valence-electron chi connectivity index (χ1n) is 12.7. The molecule has 196 valence electrons. The molecule has 0 atom stereocenters. The summed E-state index contributed by atoms with van der Waals surface area (Å²) in [6.45, 7) is 1.91. The largest absolute Gasteiger partial charge is 1.00 e. The topological polar surface area (TPSA) is 88.0 Å². The van der Waals surface area contributed by atoms with E-state index in [1.54, 1.807) is 12.1 Å². The second-order valence-corrected chi connectivity index (χ2v) is 10.3. The molecule has 0 bridgehead atoms. The number of aliphatic imine (C=N–C) groups is 1. The Balaban J connectivity index is 0.000000788. The maximum Gasteiger partial charge on any atom is 1.00 e. The number of ether oxygens (including phenoxy) is 1. The third-order valence-electron chi connectivity index (χ3n) is 6.19. The van der Waals surface area contributed by atoms with Crippen molar-refractivity contribution in [2.45, 2.75) is 39.0 Å². The first kappa shape index (κ1) is 30.7. The van der Waals surface area contributed by atoms with Crippen molar-refractivity contribution in [3.8, 4) is 16.9 Å². The van der Waals surface area contributed by atoms with Crippen LogP contribution in [0.5, 0.6) is 5.75 Å². The maximum atomic E-state index is 12.4. The van der Waals surface area contributed by atoms with Crippen LogP contribution in [0.25, 0.3) is 17.2 Å². The molecule has 3 aromatic rings. The number of hydrogen-bond donors (Lipinski definition) is 2. The van der Waals surface area contributed by atoms with E-state index in [-0.39, 0.29) is 35.5 Å². The van der Waals surface area contributed by atoms with Gasteiger partial charge in [0.1, 0.15) is 5.75 Å². The SMILES string of the molecule is CC(=O)O.O=C1NC(=Nc2cc[c-]cc2)S/C1=C/c1ccc(-c2ccc(OCC3CCCCC3)cc2)cc1.[Na+]. The van der Waals surface area contributed by atoms with Gasteiger partial charge in [0.25, 0.3) is 11.9 Å². The Labute approximate surface area is 256 Å². The Bertz CT molecular complexity index is 1280. The Morgan fingerprint density at radius 3 is 2.23 bits per heavy atom. The number of amidine groups is 1. The van der Waals surface area contributed by atoms with Crippen molar-refractivity contribution >= 4 is 40.6 Å². The van der Waals surface area contributed by atoms with E-state index in [4.69, 9.17) is 14.6 Å². The zero-order chi connectivity index (χ0) is 26.7. The Hall–Kier alpha value is -2.84. The number of hydrogen-bond acceptors (Lipinski definition) is 5. The Morgan fingerprint density at radius 2 is 1.62 bits per heavy atom. The summed E-state index contributed by atoms with van der Waals surface area (Å²) >= 11 is 1.35. The third-order valence-corrected chi connectivity index (χ3v) is 7.10. The summed E-state index contributed by atoms with van der Waals surface area (Å²) in [5.74, 6) is 0.680. The van der Waals surface area contributed by atoms with Gasteiger partial charge in [0.2, 0.25) is 0 Å². The van der Waals surface area contributed by atoms with E-state index >= 15 is 0 Å². The zero-order valence-electron chi connectivity index (χ0n) is 22.4. The van der Waals surface area contributed by atoms with E-state index in [1.807, 2.05) is 30.3 Å². The van der Waals surface area contributed by atoms with E-state index in [2.05, 4.69) is 52.8 Å². The molecule has 8 heteroatoms. The smallest absolute Gasteiger partial charge is 0.493 e. The minimum absolute atomic E-state index is 0. The van der Waals surface area contributed by atoms with Crippen molar-refractivity contribution in [2.24, 2.45) is 10.9 Å². The Kier molecular flexibility index (Phi) is 12.3. The number of rotatable bonds is 6. The average molecular weight is 551 g/mol. The molecule has 2 aliphatic rings. The van der Waals surface area contributed by atoms with E-state index in [1.165, 1.54) is 43.9 Å². The number of thioether (sulfide) groups is 1. The van der Waals surface area contributed by atoms with Crippen molar-refractivity contribution in [1.29, 1.82) is 0 Å². The maximum absolute atomic E-state index is 12.4. The van der Waals surface area contributed by atoms with E-state index < -0.39 is 5.97 Å². The molecule has 0 radical (unpaired) electrons. The minimum Gasteiger partial charge on any atom is -0.493 e. The third kappa shape index (κ3) is 10.0. The Morgan fingerprint density at radius 1 is 1.03 bits per heavy atom. The van der Waals surface area contributed by atoms with Gasteiger partial charge in [-0.15, -0.1) is 12.1 Å². The first-order valence-corrected chi connectivity index (χ1v) is 13.6. The number of carbonyl (C=O) groups excluding carboxylic acids is 1. The van der Waals surface area contributed by atoms with Crippen LogP contribution in [0.2, 0.25) is 0 Å². The fraction of sp³-hybridized carbons (Fsp3) is 0.258. The molecular weight excluding hydrogens is 519 g/mol. The minimum atomic E-state index is -0.833. The van der Waals surface area contributed by atoms with Crippen LogP contribution in [0.3, 0.4) is 0 Å². The molecular formula is C31H31N2NaO4S. The van der Waals surface area contributed by atoms with Crippen LogP contribution in [0.4, 0.5) is 5.69 Å².